The zero-order chi connectivity index (χ0) is 28.5. The van der Waals surface area contributed by atoms with Crippen LogP contribution >= 0.6 is 0 Å². The van der Waals surface area contributed by atoms with Crippen LogP contribution in [0, 0.1) is 12.7 Å². The summed E-state index contributed by atoms with van der Waals surface area (Å²) in [4.78, 5) is 38.2. The predicted molar refractivity (Wildman–Crippen MR) is 136 cm³/mol. The number of likely N-dealkylation sites (N-methyl/N-ethyl adjacent to an activating group) is 1. The molecule has 0 radical (unpaired) electrons. The molecule has 2 atom stereocenters. The Morgan fingerprint density at radius 3 is 2.54 bits per heavy atom. The van der Waals surface area contributed by atoms with Crippen LogP contribution in [0.5, 0.6) is 0 Å². The highest BCUT2D eigenvalue weighted by atomic mass is 19.4. The van der Waals surface area contributed by atoms with Crippen LogP contribution in [-0.2, 0) is 6.18 Å². The highest BCUT2D eigenvalue weighted by Crippen LogP contribution is 2.37. The Bertz CT molecular complexity index is 1410. The van der Waals surface area contributed by atoms with Gasteiger partial charge in [-0.25, -0.2) is 18.7 Å². The monoisotopic (exact) mass is 550 g/mol. The molecule has 0 bridgehead atoms. The summed E-state index contributed by atoms with van der Waals surface area (Å²) in [7, 11) is 1.78. The molecule has 3 aromatic rings. The van der Waals surface area contributed by atoms with Gasteiger partial charge in [-0.2, -0.15) is 13.2 Å². The number of hydrogen-bond acceptors (Lipinski definition) is 6. The third-order valence-electron chi connectivity index (χ3n) is 6.60. The van der Waals surface area contributed by atoms with Gasteiger partial charge in [0.1, 0.15) is 17.8 Å². The molecule has 2 N–H and O–H groups in total. The van der Waals surface area contributed by atoms with Crippen molar-refractivity contribution in [3.05, 3.63) is 69.9 Å². The molecular formula is C26H27F5N6O2. The number of amides is 1. The van der Waals surface area contributed by atoms with E-state index >= 15 is 8.78 Å². The SMILES string of the molecule is CCCN(C)[C@@H]1CN(c2cc(F)c(-c3cnc(C)nc3)cc2NC(=O)c2c[nH]c(=O)cc2C(F)(F)F)C[C@H]1F. The average Bonchev–Trinajstić information content (AvgIpc) is 3.26. The van der Waals surface area contributed by atoms with Crippen molar-refractivity contribution in [3.8, 4) is 11.1 Å². The maximum absolute atomic E-state index is 15.4. The second kappa shape index (κ2) is 11.1. The number of anilines is 2. The van der Waals surface area contributed by atoms with Gasteiger partial charge in [0.2, 0.25) is 5.56 Å². The van der Waals surface area contributed by atoms with Crippen molar-refractivity contribution in [3.63, 3.8) is 0 Å². The van der Waals surface area contributed by atoms with Crippen molar-refractivity contribution in [2.75, 3.05) is 36.9 Å². The first kappa shape index (κ1) is 28.1. The van der Waals surface area contributed by atoms with Crippen LogP contribution < -0.4 is 15.8 Å². The fourth-order valence-corrected chi connectivity index (χ4v) is 4.64. The maximum atomic E-state index is 15.4. The van der Waals surface area contributed by atoms with E-state index in [0.29, 0.717) is 18.6 Å². The van der Waals surface area contributed by atoms with Gasteiger partial charge >= 0.3 is 6.18 Å². The van der Waals surface area contributed by atoms with Crippen molar-refractivity contribution in [2.45, 2.75) is 38.7 Å². The van der Waals surface area contributed by atoms with Crippen molar-refractivity contribution >= 4 is 17.3 Å². The van der Waals surface area contributed by atoms with Gasteiger partial charge in [0.05, 0.1) is 35.1 Å². The highest BCUT2D eigenvalue weighted by Gasteiger charge is 2.38. The van der Waals surface area contributed by atoms with Gasteiger partial charge in [-0.05, 0) is 39.1 Å². The number of aryl methyl sites for hydroxylation is 1. The van der Waals surface area contributed by atoms with E-state index in [0.717, 1.165) is 12.5 Å². The van der Waals surface area contributed by atoms with E-state index in [9.17, 15) is 22.8 Å². The quantitative estimate of drug-likeness (QED) is 0.423. The van der Waals surface area contributed by atoms with Gasteiger partial charge in [-0.15, -0.1) is 0 Å². The van der Waals surface area contributed by atoms with Crippen LogP contribution in [0.15, 0.2) is 41.6 Å². The number of H-pyrrole nitrogens is 1. The second-order valence-electron chi connectivity index (χ2n) is 9.41. The fraction of sp³-hybridized carbons (Fsp3) is 0.385. The van der Waals surface area contributed by atoms with Crippen LogP contribution in [0.4, 0.5) is 33.3 Å². The molecule has 8 nitrogen and oxygen atoms in total. The van der Waals surface area contributed by atoms with Crippen LogP contribution in [0.25, 0.3) is 11.1 Å². The number of halogens is 5. The van der Waals surface area contributed by atoms with Gasteiger partial charge < -0.3 is 15.2 Å². The zero-order valence-electron chi connectivity index (χ0n) is 21.4. The fourth-order valence-electron chi connectivity index (χ4n) is 4.64. The smallest absolute Gasteiger partial charge is 0.365 e. The molecule has 208 valence electrons. The van der Waals surface area contributed by atoms with Gasteiger partial charge in [-0.1, -0.05) is 6.92 Å². The molecule has 1 amide bonds. The molecule has 1 aliphatic heterocycles. The predicted octanol–water partition coefficient (Wildman–Crippen LogP) is 4.42. The van der Waals surface area contributed by atoms with Crippen LogP contribution in [0.2, 0.25) is 0 Å². The van der Waals surface area contributed by atoms with E-state index in [4.69, 9.17) is 0 Å². The maximum Gasteiger partial charge on any atom is 0.417 e. The lowest BCUT2D eigenvalue weighted by Gasteiger charge is -2.26. The standard InChI is InChI=1S/C26H27F5N6O2/c1-4-5-36(3)23-13-37(12-20(23)28)22-8-19(27)16(15-9-32-14(2)33-10-15)6-21(22)35-25(39)17-11-34-24(38)7-18(17)26(29,30)31/h6-11,20,23H,4-5,12-13H2,1-3H3,(H,34,38)(H,35,39)/t20-,23-/m1/s1. The van der Waals surface area contributed by atoms with E-state index in [1.54, 1.807) is 18.9 Å². The van der Waals surface area contributed by atoms with Crippen molar-refractivity contribution in [1.82, 2.24) is 19.9 Å². The lowest BCUT2D eigenvalue weighted by atomic mass is 10.0. The number of nitrogens with one attached hydrogen (secondary N) is 2. The minimum Gasteiger partial charge on any atom is -0.365 e. The Balaban J connectivity index is 1.78. The number of pyridine rings is 1. The third kappa shape index (κ3) is 6.08. The third-order valence-corrected chi connectivity index (χ3v) is 6.60. The number of carbonyl (C=O) groups is 1. The second-order valence-corrected chi connectivity index (χ2v) is 9.41. The summed E-state index contributed by atoms with van der Waals surface area (Å²) < 4.78 is 71.2. The molecule has 1 aromatic carbocycles. The molecule has 1 aliphatic rings. The van der Waals surface area contributed by atoms with E-state index in [2.05, 4.69) is 20.3 Å². The molecule has 39 heavy (non-hydrogen) atoms. The van der Waals surface area contributed by atoms with Crippen LogP contribution in [0.1, 0.15) is 35.1 Å². The van der Waals surface area contributed by atoms with E-state index in [1.807, 2.05) is 11.8 Å². The molecule has 1 saturated heterocycles. The van der Waals surface area contributed by atoms with E-state index in [1.165, 1.54) is 18.5 Å². The minimum absolute atomic E-state index is 0.0118. The van der Waals surface area contributed by atoms with Gasteiger partial charge in [-0.3, -0.25) is 14.5 Å². The molecule has 0 unspecified atom stereocenters. The number of aromatic nitrogens is 3. The molecule has 2 aromatic heterocycles. The average molecular weight is 551 g/mol. The van der Waals surface area contributed by atoms with Crippen LogP contribution in [0.3, 0.4) is 0 Å². The number of rotatable bonds is 7. The van der Waals surface area contributed by atoms with Gasteiger partial charge in [0, 0.05) is 42.3 Å². The van der Waals surface area contributed by atoms with Crippen molar-refractivity contribution in [2.24, 2.45) is 0 Å². The van der Waals surface area contributed by atoms with E-state index in [-0.39, 0.29) is 41.7 Å². The summed E-state index contributed by atoms with van der Waals surface area (Å²) in [5.74, 6) is -1.46. The first-order valence-corrected chi connectivity index (χ1v) is 12.2. The Morgan fingerprint density at radius 1 is 1.21 bits per heavy atom. The summed E-state index contributed by atoms with van der Waals surface area (Å²) in [6.07, 6.45) is -2.05. The van der Waals surface area contributed by atoms with Crippen molar-refractivity contribution in [1.29, 1.82) is 0 Å². The minimum atomic E-state index is -4.98. The number of benzene rings is 1. The normalized spacial score (nSPS) is 17.6. The number of alkyl halides is 4. The summed E-state index contributed by atoms with van der Waals surface area (Å²) >= 11 is 0. The molecule has 3 heterocycles. The first-order valence-electron chi connectivity index (χ1n) is 12.2. The Kier molecular flexibility index (Phi) is 8.00. The number of carbonyl (C=O) groups excluding carboxylic acids is 1. The topological polar surface area (TPSA) is 94.2 Å². The molecular weight excluding hydrogens is 523 g/mol. The van der Waals surface area contributed by atoms with Crippen molar-refractivity contribution < 1.29 is 26.7 Å². The first-order chi connectivity index (χ1) is 18.4. The van der Waals surface area contributed by atoms with E-state index < -0.39 is 46.8 Å². The summed E-state index contributed by atoms with van der Waals surface area (Å²) in [6.45, 7) is 4.29. The highest BCUT2D eigenvalue weighted by molar-refractivity contribution is 6.07. The number of hydrogen-bond donors (Lipinski definition) is 2. The molecule has 13 heteroatoms. The lowest BCUT2D eigenvalue weighted by Crippen LogP contribution is -2.39. The number of nitrogens with zero attached hydrogens (tertiary/aromatic N) is 4. The Hall–Kier alpha value is -3.87. The van der Waals surface area contributed by atoms with Gasteiger partial charge in [0.25, 0.3) is 5.91 Å². The Morgan fingerprint density at radius 2 is 1.90 bits per heavy atom. The molecule has 1 fully saturated rings. The summed E-state index contributed by atoms with van der Waals surface area (Å²) in [5, 5.41) is 2.42. The number of aromatic amines is 1. The van der Waals surface area contributed by atoms with Gasteiger partial charge in [0.15, 0.2) is 0 Å². The largest absolute Gasteiger partial charge is 0.417 e. The molecule has 0 saturated carbocycles. The molecule has 4 rings (SSSR count). The summed E-state index contributed by atoms with van der Waals surface area (Å²) in [5.41, 5.74) is -2.97. The lowest BCUT2D eigenvalue weighted by molar-refractivity contribution is -0.138. The molecule has 0 aliphatic carbocycles. The molecule has 0 spiro atoms. The Labute approximate surface area is 220 Å². The summed E-state index contributed by atoms with van der Waals surface area (Å²) in [6, 6.07) is 2.15. The van der Waals surface area contributed by atoms with Crippen LogP contribution in [-0.4, -0.2) is 64.7 Å². The zero-order valence-corrected chi connectivity index (χ0v) is 21.4.